The summed E-state index contributed by atoms with van der Waals surface area (Å²) in [6, 6.07) is 54.9. The molecule has 14 rings (SSSR count). The topological polar surface area (TPSA) is 36.9 Å². The van der Waals surface area contributed by atoms with Gasteiger partial charge in [0.2, 0.25) is 0 Å². The molecule has 0 N–H and O–H groups in total. The summed E-state index contributed by atoms with van der Waals surface area (Å²) in [7, 11) is 0. The summed E-state index contributed by atoms with van der Waals surface area (Å²) < 4.78 is 27.4. The number of aryl methyl sites for hydroxylation is 4. The van der Waals surface area contributed by atoms with Gasteiger partial charge in [0.1, 0.15) is 0 Å². The minimum Gasteiger partial charge on any atom is -0.345 e. The Kier molecular flexibility index (Phi) is 22.9. The number of hydrogen-bond donors (Lipinski definition) is 0. The first-order valence-electron chi connectivity index (χ1n) is 37.4. The Morgan fingerprint density at radius 1 is 0.292 bits per heavy atom. The molecule has 10 heteroatoms. The highest BCUT2D eigenvalue weighted by atomic mass is 32.1. The van der Waals surface area contributed by atoms with Crippen molar-refractivity contribution in [3.8, 4) is 39.0 Å². The Labute approximate surface area is 597 Å². The minimum atomic E-state index is -0.578. The summed E-state index contributed by atoms with van der Waals surface area (Å²) in [6.07, 6.45) is 35.1. The van der Waals surface area contributed by atoms with Crippen molar-refractivity contribution < 1.29 is 18.9 Å². The van der Waals surface area contributed by atoms with Gasteiger partial charge in [-0.2, -0.15) is 0 Å². The molecule has 8 heterocycles. The van der Waals surface area contributed by atoms with Crippen molar-refractivity contribution >= 4 is 77.4 Å². The van der Waals surface area contributed by atoms with Gasteiger partial charge in [-0.1, -0.05) is 253 Å². The molecular formula is C86H100O4S6. The molecule has 2 fully saturated rings. The number of ether oxygens (including phenoxy) is 4. The molecular weight excluding hydrogens is 1290 g/mol. The molecule has 2 aliphatic carbocycles. The number of fused-ring (bicyclic) bond motifs is 9. The van der Waals surface area contributed by atoms with Crippen LogP contribution in [0.1, 0.15) is 271 Å². The molecule has 0 bridgehead atoms. The van der Waals surface area contributed by atoms with Crippen molar-refractivity contribution in [3.05, 3.63) is 210 Å². The van der Waals surface area contributed by atoms with Gasteiger partial charge in [-0.05, 0) is 143 Å². The molecule has 0 atom stereocenters. The summed E-state index contributed by atoms with van der Waals surface area (Å²) in [6.45, 7) is 11.8. The van der Waals surface area contributed by atoms with Crippen LogP contribution >= 0.6 is 68.0 Å². The second-order valence-electron chi connectivity index (χ2n) is 27.9. The molecule has 504 valence electrons. The Balaban J connectivity index is 0.970. The van der Waals surface area contributed by atoms with Gasteiger partial charge in [0.15, 0.2) is 12.6 Å². The van der Waals surface area contributed by atoms with Crippen LogP contribution in [0.3, 0.4) is 0 Å². The maximum atomic E-state index is 6.12. The third-order valence-corrected chi connectivity index (χ3v) is 29.0. The molecule has 4 aliphatic rings. The molecule has 6 aromatic heterocycles. The monoisotopic (exact) mass is 1390 g/mol. The van der Waals surface area contributed by atoms with Crippen LogP contribution in [0.2, 0.25) is 0 Å². The first-order chi connectivity index (χ1) is 47.4. The third kappa shape index (κ3) is 13.9. The number of hydrogen-bond acceptors (Lipinski definition) is 10. The number of rotatable bonds is 36. The van der Waals surface area contributed by atoms with E-state index in [1.807, 2.05) is 45.3 Å². The number of benzene rings is 4. The molecule has 0 spiro atoms. The highest BCUT2D eigenvalue weighted by molar-refractivity contribution is 7.35. The van der Waals surface area contributed by atoms with Crippen LogP contribution in [-0.2, 0) is 55.5 Å². The third-order valence-electron chi connectivity index (χ3n) is 21.2. The lowest BCUT2D eigenvalue weighted by molar-refractivity contribution is -0.0415. The molecule has 96 heavy (non-hydrogen) atoms. The summed E-state index contributed by atoms with van der Waals surface area (Å²) in [5, 5.41) is 0. The molecule has 0 radical (unpaired) electrons. The second kappa shape index (κ2) is 32.2. The maximum absolute atomic E-state index is 6.12. The number of thiophene rings is 6. The molecule has 4 aromatic carbocycles. The molecule has 2 saturated heterocycles. The van der Waals surface area contributed by atoms with Crippen LogP contribution in [0.5, 0.6) is 0 Å². The average molecular weight is 1390 g/mol. The summed E-state index contributed by atoms with van der Waals surface area (Å²) in [4.78, 5) is 13.2. The fraction of sp³-hybridized carbons (Fsp3) is 0.465. The SMILES string of the molecule is CCCCCCCCc1ccc(C2(c3ccc(CCCCCCCC)cc3)c3cc(-c4ccc(C5OCCO5)s4)sc3-c3sc4c5c(sc4c32)-c2sc(-c3ccc(C4OCCO4)s3)cc2C5(c2ccc(CCCCCCCC)cc2)c2ccc(CCCCCCCC)cc2)cc1. The van der Waals surface area contributed by atoms with E-state index in [2.05, 4.69) is 184 Å². The molecule has 2 aliphatic heterocycles. The Bertz CT molecular complexity index is 3710. The highest BCUT2D eigenvalue weighted by Gasteiger charge is 2.55. The van der Waals surface area contributed by atoms with E-state index in [1.54, 1.807) is 0 Å². The maximum Gasteiger partial charge on any atom is 0.193 e. The van der Waals surface area contributed by atoms with E-state index >= 15 is 0 Å². The second-order valence-corrected chi connectivity index (χ2v) is 34.3. The Morgan fingerprint density at radius 3 is 0.865 bits per heavy atom. The lowest BCUT2D eigenvalue weighted by Crippen LogP contribution is -2.29. The van der Waals surface area contributed by atoms with Gasteiger partial charge in [0.25, 0.3) is 0 Å². The molecule has 4 nitrogen and oxygen atoms in total. The van der Waals surface area contributed by atoms with Crippen molar-refractivity contribution in [1.82, 2.24) is 0 Å². The fourth-order valence-electron chi connectivity index (χ4n) is 16.0. The van der Waals surface area contributed by atoms with Gasteiger partial charge in [0, 0.05) is 30.6 Å². The first-order valence-corrected chi connectivity index (χ1v) is 42.3. The van der Waals surface area contributed by atoms with Crippen LogP contribution in [0.25, 0.3) is 48.4 Å². The predicted molar refractivity (Wildman–Crippen MR) is 414 cm³/mol. The van der Waals surface area contributed by atoms with Crippen LogP contribution in [0, 0.1) is 0 Å². The van der Waals surface area contributed by atoms with Gasteiger partial charge < -0.3 is 18.9 Å². The number of unbranched alkanes of at least 4 members (excludes halogenated alkanes) is 20. The standard InChI is InChI=1S/C86H100O4S6/c1-5-9-13-17-21-25-29-59-33-41-63(42-34-59)85(64-43-35-60(36-44-64)30-26-22-18-14-10-6-2)67-57-73(69-49-51-71(91-69)83-87-53-54-88-83)93-77(67)79-75(85)81-82(95-79)76-80(96-81)78-68(58-74(94-78)70-50-52-72(92-70)84-89-55-56-90-84)86(76,65-45-37-61(38-46-65)31-27-23-19-15-11-7-3)66-47-39-62(40-48-66)32-28-24-20-16-12-8-4/h33-52,57-58,83-84H,5-32,53-56H2,1-4H3. The normalized spacial score (nSPS) is 15.6. The zero-order valence-electron chi connectivity index (χ0n) is 57.6. The van der Waals surface area contributed by atoms with E-state index in [0.717, 1.165) is 35.4 Å². The Morgan fingerprint density at radius 2 is 0.573 bits per heavy atom. The predicted octanol–water partition coefficient (Wildman–Crippen LogP) is 27.0. The van der Waals surface area contributed by atoms with Gasteiger partial charge in [-0.25, -0.2) is 0 Å². The van der Waals surface area contributed by atoms with Crippen LogP contribution in [-0.4, -0.2) is 26.4 Å². The van der Waals surface area contributed by atoms with Crippen molar-refractivity contribution in [2.45, 2.75) is 231 Å². The molecule has 0 amide bonds. The van der Waals surface area contributed by atoms with E-state index < -0.39 is 10.8 Å². The van der Waals surface area contributed by atoms with Crippen molar-refractivity contribution in [1.29, 1.82) is 0 Å². The van der Waals surface area contributed by atoms with Crippen LogP contribution in [0.4, 0.5) is 0 Å². The van der Waals surface area contributed by atoms with Crippen molar-refractivity contribution in [2.75, 3.05) is 26.4 Å². The van der Waals surface area contributed by atoms with Crippen molar-refractivity contribution in [2.24, 2.45) is 0 Å². The smallest absolute Gasteiger partial charge is 0.193 e. The molecule has 0 unspecified atom stereocenters. The lowest BCUT2D eigenvalue weighted by atomic mass is 9.67. The van der Waals surface area contributed by atoms with E-state index in [-0.39, 0.29) is 12.6 Å². The largest absolute Gasteiger partial charge is 0.345 e. The van der Waals surface area contributed by atoms with Crippen LogP contribution < -0.4 is 0 Å². The van der Waals surface area contributed by atoms with Gasteiger partial charge >= 0.3 is 0 Å². The summed E-state index contributed by atoms with van der Waals surface area (Å²) in [5.74, 6) is 0. The first kappa shape index (κ1) is 68.3. The minimum absolute atomic E-state index is 0.298. The van der Waals surface area contributed by atoms with Gasteiger partial charge in [0.05, 0.1) is 75.9 Å². The van der Waals surface area contributed by atoms with Gasteiger partial charge in [-0.15, -0.1) is 68.0 Å². The zero-order valence-corrected chi connectivity index (χ0v) is 62.5. The average Bonchev–Trinajstić information content (AvgIpc) is 1.49. The van der Waals surface area contributed by atoms with Crippen molar-refractivity contribution in [3.63, 3.8) is 0 Å². The van der Waals surface area contributed by atoms with E-state index in [0.29, 0.717) is 26.4 Å². The highest BCUT2D eigenvalue weighted by Crippen LogP contribution is 2.71. The van der Waals surface area contributed by atoms with E-state index in [1.165, 1.54) is 269 Å². The quantitative estimate of drug-likeness (QED) is 0.0367. The Hall–Kier alpha value is -4.82. The molecule has 0 saturated carbocycles. The van der Waals surface area contributed by atoms with E-state index in [4.69, 9.17) is 18.9 Å². The molecule has 10 aromatic rings. The lowest BCUT2D eigenvalue weighted by Gasteiger charge is -2.34. The zero-order chi connectivity index (χ0) is 65.3. The van der Waals surface area contributed by atoms with Gasteiger partial charge in [-0.3, -0.25) is 0 Å². The van der Waals surface area contributed by atoms with E-state index in [9.17, 15) is 0 Å². The summed E-state index contributed by atoms with van der Waals surface area (Å²) >= 11 is 11.9. The van der Waals surface area contributed by atoms with Crippen LogP contribution in [0.15, 0.2) is 133 Å². The summed E-state index contributed by atoms with van der Waals surface area (Å²) in [5.41, 5.74) is 15.9. The fourth-order valence-corrected chi connectivity index (χ4v) is 24.1.